The van der Waals surface area contributed by atoms with Crippen molar-refractivity contribution in [1.82, 2.24) is 19.6 Å². The lowest BCUT2D eigenvalue weighted by Gasteiger charge is -2.03. The van der Waals surface area contributed by atoms with Gasteiger partial charge in [-0.3, -0.25) is 4.98 Å². The molecule has 2 heterocycles. The number of nitrogens with zero attached hydrogens (tertiary/aromatic N) is 3. The fourth-order valence-corrected chi connectivity index (χ4v) is 3.31. The number of thioether (sulfide) groups is 1. The Bertz CT molecular complexity index is 1120. The number of rotatable bonds is 4. The first-order valence-corrected chi connectivity index (χ1v) is 8.70. The molecule has 0 fully saturated rings. The lowest BCUT2D eigenvalue weighted by Crippen LogP contribution is -2.19. The molecule has 0 spiro atoms. The fourth-order valence-electron chi connectivity index (χ4n) is 2.50. The van der Waals surface area contributed by atoms with Gasteiger partial charge in [-0.1, -0.05) is 36.0 Å². The maximum atomic E-state index is 13.1. The van der Waals surface area contributed by atoms with Crippen molar-refractivity contribution in [3.63, 3.8) is 0 Å². The third-order valence-corrected chi connectivity index (χ3v) is 4.75. The monoisotopic (exact) mass is 370 g/mol. The van der Waals surface area contributed by atoms with Gasteiger partial charge < -0.3 is 0 Å². The lowest BCUT2D eigenvalue weighted by molar-refractivity contribution is 0.627. The number of H-pyrrole nitrogens is 1. The normalized spacial score (nSPS) is 11.2. The van der Waals surface area contributed by atoms with Crippen LogP contribution in [0.3, 0.4) is 0 Å². The molecule has 0 aliphatic rings. The number of halogens is 2. The van der Waals surface area contributed by atoms with Gasteiger partial charge in [-0.05, 0) is 35.4 Å². The topological polar surface area (TPSA) is 63.0 Å². The van der Waals surface area contributed by atoms with Crippen LogP contribution in [0.25, 0.3) is 16.8 Å². The number of hydrogen-bond donors (Lipinski definition) is 1. The Morgan fingerprint density at radius 1 is 1.00 bits per heavy atom. The van der Waals surface area contributed by atoms with Crippen molar-refractivity contribution in [3.05, 3.63) is 82.4 Å². The van der Waals surface area contributed by atoms with Crippen LogP contribution in [0.5, 0.6) is 0 Å². The molecule has 0 bridgehead atoms. The molecule has 0 radical (unpaired) electrons. The minimum atomic E-state index is -0.412. The Balaban J connectivity index is 1.68. The predicted octanol–water partition coefficient (Wildman–Crippen LogP) is 3.66. The third kappa shape index (κ3) is 3.23. The highest BCUT2D eigenvalue weighted by Crippen LogP contribution is 2.25. The summed E-state index contributed by atoms with van der Waals surface area (Å²) >= 11 is 1.33. The summed E-state index contributed by atoms with van der Waals surface area (Å²) in [5.41, 5.74) is 2.24. The molecule has 0 aliphatic carbocycles. The summed E-state index contributed by atoms with van der Waals surface area (Å²) in [5, 5.41) is 4.48. The quantitative estimate of drug-likeness (QED) is 0.557. The second kappa shape index (κ2) is 6.72. The number of fused-ring (bicyclic) bond motifs is 1. The minimum absolute atomic E-state index is 0.296. The van der Waals surface area contributed by atoms with Crippen molar-refractivity contribution in [2.75, 3.05) is 0 Å². The van der Waals surface area contributed by atoms with Gasteiger partial charge in [0.05, 0.1) is 6.20 Å². The highest BCUT2D eigenvalue weighted by atomic mass is 32.2. The number of aromatic amines is 1. The first kappa shape index (κ1) is 16.5. The van der Waals surface area contributed by atoms with E-state index in [1.165, 1.54) is 46.7 Å². The molecule has 2 aromatic carbocycles. The Morgan fingerprint density at radius 3 is 2.35 bits per heavy atom. The summed E-state index contributed by atoms with van der Waals surface area (Å²) in [6.45, 7) is 0. The number of benzene rings is 2. The molecular formula is C18H12F2N4OS. The molecular weight excluding hydrogens is 358 g/mol. The first-order chi connectivity index (χ1) is 12.6. The largest absolute Gasteiger partial charge is 0.350 e. The standard InChI is InChI=1S/C18H12F2N4OS/c19-13-5-1-11(2-6-13)10-26-17-22-16-15(9-21-24(16)18(25)23-17)12-3-7-14(20)8-4-12/h1-9H,10H2,(H,22,23,25). The first-order valence-electron chi connectivity index (χ1n) is 7.71. The molecule has 26 heavy (non-hydrogen) atoms. The van der Waals surface area contributed by atoms with Crippen molar-refractivity contribution < 1.29 is 8.78 Å². The average Bonchev–Trinajstić information content (AvgIpc) is 3.06. The van der Waals surface area contributed by atoms with Gasteiger partial charge in [0.15, 0.2) is 10.8 Å². The van der Waals surface area contributed by atoms with Crippen LogP contribution in [0.4, 0.5) is 8.78 Å². The molecule has 4 aromatic rings. The zero-order valence-corrected chi connectivity index (χ0v) is 14.1. The van der Waals surface area contributed by atoms with Crippen LogP contribution in [0.15, 0.2) is 64.7 Å². The van der Waals surface area contributed by atoms with Crippen LogP contribution in [0.2, 0.25) is 0 Å². The molecule has 4 rings (SSSR count). The average molecular weight is 370 g/mol. The van der Waals surface area contributed by atoms with Gasteiger partial charge in [-0.2, -0.15) is 9.61 Å². The van der Waals surface area contributed by atoms with E-state index in [0.717, 1.165) is 5.56 Å². The minimum Gasteiger partial charge on any atom is -0.285 e. The summed E-state index contributed by atoms with van der Waals surface area (Å²) in [6.07, 6.45) is 1.53. The van der Waals surface area contributed by atoms with E-state index in [9.17, 15) is 13.6 Å². The molecule has 8 heteroatoms. The summed E-state index contributed by atoms with van der Waals surface area (Å²) in [5.74, 6) is -0.110. The van der Waals surface area contributed by atoms with Gasteiger partial charge in [0.1, 0.15) is 11.6 Å². The molecule has 2 aromatic heterocycles. The van der Waals surface area contributed by atoms with E-state index in [1.807, 2.05) is 0 Å². The van der Waals surface area contributed by atoms with E-state index in [2.05, 4.69) is 15.1 Å². The van der Waals surface area contributed by atoms with Crippen LogP contribution in [-0.2, 0) is 5.75 Å². The smallest absolute Gasteiger partial charge is 0.285 e. The van der Waals surface area contributed by atoms with Crippen molar-refractivity contribution in [2.24, 2.45) is 0 Å². The van der Waals surface area contributed by atoms with E-state index in [4.69, 9.17) is 0 Å². The molecule has 0 amide bonds. The van der Waals surface area contributed by atoms with Gasteiger partial charge in [-0.15, -0.1) is 0 Å². The van der Waals surface area contributed by atoms with Crippen molar-refractivity contribution >= 4 is 17.4 Å². The Hall–Kier alpha value is -3.00. The van der Waals surface area contributed by atoms with E-state index < -0.39 is 5.69 Å². The van der Waals surface area contributed by atoms with Crippen molar-refractivity contribution in [2.45, 2.75) is 10.9 Å². The Morgan fingerprint density at radius 2 is 1.65 bits per heavy atom. The Labute approximate surface area is 150 Å². The van der Waals surface area contributed by atoms with E-state index >= 15 is 0 Å². The van der Waals surface area contributed by atoms with Gasteiger partial charge in [0.2, 0.25) is 0 Å². The maximum Gasteiger partial charge on any atom is 0.350 e. The highest BCUT2D eigenvalue weighted by molar-refractivity contribution is 7.98. The van der Waals surface area contributed by atoms with E-state index in [0.29, 0.717) is 27.7 Å². The SMILES string of the molecule is O=c1[nH]c(SCc2ccc(F)cc2)nc2c(-c3ccc(F)cc3)cnn12. The van der Waals surface area contributed by atoms with E-state index in [1.54, 1.807) is 24.3 Å². The fraction of sp³-hybridized carbons (Fsp3) is 0.0556. The molecule has 130 valence electrons. The van der Waals surface area contributed by atoms with E-state index in [-0.39, 0.29) is 11.6 Å². The molecule has 1 N–H and O–H groups in total. The Kier molecular flexibility index (Phi) is 4.26. The third-order valence-electron chi connectivity index (χ3n) is 3.80. The van der Waals surface area contributed by atoms with Crippen LogP contribution in [0, 0.1) is 11.6 Å². The zero-order valence-electron chi connectivity index (χ0n) is 13.3. The summed E-state index contributed by atoms with van der Waals surface area (Å²) in [6, 6.07) is 12.1. The van der Waals surface area contributed by atoms with Crippen LogP contribution >= 0.6 is 11.8 Å². The van der Waals surface area contributed by atoms with Gasteiger partial charge >= 0.3 is 5.69 Å². The van der Waals surface area contributed by atoms with Crippen molar-refractivity contribution in [3.8, 4) is 11.1 Å². The molecule has 0 saturated carbocycles. The van der Waals surface area contributed by atoms with Gasteiger partial charge in [0, 0.05) is 11.3 Å². The van der Waals surface area contributed by atoms with Crippen LogP contribution in [0.1, 0.15) is 5.56 Å². The maximum absolute atomic E-state index is 13.1. The van der Waals surface area contributed by atoms with Gasteiger partial charge in [0.25, 0.3) is 0 Å². The molecule has 0 aliphatic heterocycles. The second-order valence-electron chi connectivity index (χ2n) is 5.56. The van der Waals surface area contributed by atoms with Crippen molar-refractivity contribution in [1.29, 1.82) is 0 Å². The number of nitrogens with one attached hydrogen (secondary N) is 1. The van der Waals surface area contributed by atoms with Crippen LogP contribution in [-0.4, -0.2) is 19.6 Å². The molecule has 0 saturated heterocycles. The zero-order chi connectivity index (χ0) is 18.1. The van der Waals surface area contributed by atoms with Crippen LogP contribution < -0.4 is 5.69 Å². The highest BCUT2D eigenvalue weighted by Gasteiger charge is 2.12. The molecule has 0 atom stereocenters. The predicted molar refractivity (Wildman–Crippen MR) is 95.0 cm³/mol. The summed E-state index contributed by atoms with van der Waals surface area (Å²) in [4.78, 5) is 19.4. The lowest BCUT2D eigenvalue weighted by atomic mass is 10.1. The number of aromatic nitrogens is 4. The summed E-state index contributed by atoms with van der Waals surface area (Å²) < 4.78 is 27.3. The second-order valence-corrected chi connectivity index (χ2v) is 6.53. The molecule has 5 nitrogen and oxygen atoms in total. The summed E-state index contributed by atoms with van der Waals surface area (Å²) in [7, 11) is 0. The molecule has 0 unspecified atom stereocenters. The van der Waals surface area contributed by atoms with Gasteiger partial charge in [-0.25, -0.2) is 18.6 Å². The number of hydrogen-bond acceptors (Lipinski definition) is 4.